The summed E-state index contributed by atoms with van der Waals surface area (Å²) in [5, 5.41) is -3.89. The van der Waals surface area contributed by atoms with E-state index in [0.717, 1.165) is 11.1 Å². The molecule has 0 N–H and O–H groups in total. The molecular formula is C51H38O2P2. The maximum Gasteiger partial charge on any atom is 0.171 e. The summed E-state index contributed by atoms with van der Waals surface area (Å²) >= 11 is 0. The zero-order valence-electron chi connectivity index (χ0n) is 49.1. The lowest BCUT2D eigenvalue weighted by Gasteiger charge is -2.32. The Labute approximate surface area is 351 Å². The van der Waals surface area contributed by atoms with E-state index in [-0.39, 0.29) is 10.6 Å². The monoisotopic (exact) mass is 764 g/mol. The van der Waals surface area contributed by atoms with Gasteiger partial charge in [-0.25, -0.2) is 0 Å². The number of benzene rings is 8. The number of hydrogen-bond donors (Lipinski definition) is 0. The zero-order valence-corrected chi connectivity index (χ0v) is 30.9. The van der Waals surface area contributed by atoms with Gasteiger partial charge in [0.25, 0.3) is 0 Å². The molecule has 4 heteroatoms. The van der Waals surface area contributed by atoms with E-state index in [1.165, 1.54) is 36.4 Å². The van der Waals surface area contributed by atoms with Gasteiger partial charge in [0.1, 0.15) is 0 Å². The predicted molar refractivity (Wildman–Crippen MR) is 231 cm³/mol. The van der Waals surface area contributed by atoms with E-state index in [0.29, 0.717) is 44.5 Å². The highest BCUT2D eigenvalue weighted by molar-refractivity contribution is 7.85. The van der Waals surface area contributed by atoms with Gasteiger partial charge < -0.3 is 9.13 Å². The highest BCUT2D eigenvalue weighted by atomic mass is 31.2. The molecule has 10 rings (SSSR count). The Hall–Kier alpha value is -5.78. The Kier molecular flexibility index (Phi) is 4.30. The lowest BCUT2D eigenvalue weighted by atomic mass is 9.70. The van der Waals surface area contributed by atoms with Gasteiger partial charge in [-0.1, -0.05) is 193 Å². The van der Waals surface area contributed by atoms with Crippen LogP contribution in [0.25, 0.3) is 22.3 Å². The number of aryl methyl sites for hydroxylation is 2. The van der Waals surface area contributed by atoms with Gasteiger partial charge in [0, 0.05) is 31.8 Å². The van der Waals surface area contributed by atoms with Crippen LogP contribution in [0.4, 0.5) is 0 Å². The first-order chi connectivity index (χ1) is 35.1. The molecule has 0 bridgehead atoms. The quantitative estimate of drug-likeness (QED) is 0.158. The second-order valence-corrected chi connectivity index (χ2v) is 18.7. The smallest absolute Gasteiger partial charge is 0.171 e. The van der Waals surface area contributed by atoms with Crippen LogP contribution < -0.4 is 31.8 Å². The molecule has 0 radical (unpaired) electrons. The molecule has 0 fully saturated rings. The average Bonchev–Trinajstić information content (AvgIpc) is 3.85. The lowest BCUT2D eigenvalue weighted by molar-refractivity contribution is 0.591. The molecule has 8 aromatic rings. The molecule has 0 aliphatic heterocycles. The van der Waals surface area contributed by atoms with Gasteiger partial charge in [-0.15, -0.1) is 0 Å². The van der Waals surface area contributed by atoms with Crippen molar-refractivity contribution in [3.63, 3.8) is 0 Å². The van der Waals surface area contributed by atoms with Crippen molar-refractivity contribution in [3.05, 3.63) is 227 Å². The largest absolute Gasteiger partial charge is 0.309 e. The third-order valence-corrected chi connectivity index (χ3v) is 15.9. The van der Waals surface area contributed by atoms with Crippen LogP contribution in [0.2, 0.25) is 0 Å². The molecule has 8 aromatic carbocycles. The summed E-state index contributed by atoms with van der Waals surface area (Å²) in [6.07, 6.45) is 0. The number of fused-ring (bicyclic) bond motifs is 10. The van der Waals surface area contributed by atoms with Gasteiger partial charge in [0.05, 0.1) is 32.8 Å². The topological polar surface area (TPSA) is 34.1 Å². The van der Waals surface area contributed by atoms with Gasteiger partial charge in [-0.05, 0) is 70.5 Å². The summed E-state index contributed by atoms with van der Waals surface area (Å²) < 4.78 is 210. The molecule has 55 heavy (non-hydrogen) atoms. The van der Waals surface area contributed by atoms with Crippen LogP contribution in [-0.4, -0.2) is 0 Å². The van der Waals surface area contributed by atoms with Gasteiger partial charge in [0.2, 0.25) is 0 Å². The second kappa shape index (κ2) is 12.6. The molecule has 2 aliphatic carbocycles. The van der Waals surface area contributed by atoms with Crippen molar-refractivity contribution in [2.45, 2.75) is 19.3 Å². The second-order valence-electron chi connectivity index (χ2n) is 13.4. The van der Waals surface area contributed by atoms with E-state index in [2.05, 4.69) is 0 Å². The first-order valence-corrected chi connectivity index (χ1v) is 20.6. The molecule has 0 saturated carbocycles. The van der Waals surface area contributed by atoms with E-state index in [1.807, 2.05) is 50.2 Å². The minimum absolute atomic E-state index is 0.301. The summed E-state index contributed by atoms with van der Waals surface area (Å²) in [6, 6.07) is 1.78. The maximum atomic E-state index is 16.9. The Balaban J connectivity index is 1.40. The molecule has 2 aliphatic rings. The molecule has 1 spiro atoms. The predicted octanol–water partition coefficient (Wildman–Crippen LogP) is 9.93. The van der Waals surface area contributed by atoms with Crippen molar-refractivity contribution >= 4 is 46.1 Å². The van der Waals surface area contributed by atoms with Crippen LogP contribution in [0, 0.1) is 13.8 Å². The lowest BCUT2D eigenvalue weighted by Crippen LogP contribution is -2.31. The highest BCUT2D eigenvalue weighted by Crippen LogP contribution is 2.64. The summed E-state index contributed by atoms with van der Waals surface area (Å²) in [7, 11) is -10.5. The fourth-order valence-electron chi connectivity index (χ4n) is 8.17. The fraction of sp³-hybridized carbons (Fsp3) is 0.0588. The van der Waals surface area contributed by atoms with Crippen LogP contribution in [0.15, 0.2) is 194 Å². The van der Waals surface area contributed by atoms with Crippen LogP contribution in [-0.2, 0) is 14.5 Å². The van der Waals surface area contributed by atoms with Crippen LogP contribution in [0.3, 0.4) is 0 Å². The van der Waals surface area contributed by atoms with Gasteiger partial charge in [-0.3, -0.25) is 0 Å². The normalized spacial score (nSPS) is 18.7. The van der Waals surface area contributed by atoms with Gasteiger partial charge >= 0.3 is 0 Å². The molecular weight excluding hydrogens is 707 g/mol. The minimum atomic E-state index is -5.24. The van der Waals surface area contributed by atoms with E-state index >= 15 is 9.13 Å². The van der Waals surface area contributed by atoms with Crippen LogP contribution >= 0.6 is 14.3 Å². The molecule has 264 valence electrons. The zero-order chi connectivity index (χ0) is 54.8. The van der Waals surface area contributed by atoms with Crippen LogP contribution in [0.1, 0.15) is 60.8 Å². The molecule has 0 atom stereocenters. The Morgan fingerprint density at radius 2 is 0.636 bits per heavy atom. The Morgan fingerprint density at radius 3 is 0.945 bits per heavy atom. The standard InChI is InChI=1S/C51H38O2P2/c1-35-23-27-43-44-28-24-36(2)32-48(44)51(47(43)31-35)49-33-41(54(52,37-15-7-3-8-16-37)38-17-9-4-10-18-38)25-29-45(49)46-30-26-42(34-50(46)51)55(53,39-19-11-5-12-20-39)40-21-13-6-14-22-40/h3-34H,1-2H3/i3D,4D,5D,6D,7D,8D,9D,10D,11D,12D,13D,14D,15D,16D,17D,18D,19D,20D,21D,22D. The van der Waals surface area contributed by atoms with Crippen molar-refractivity contribution in [3.8, 4) is 22.3 Å². The molecule has 0 amide bonds. The van der Waals surface area contributed by atoms with Crippen molar-refractivity contribution in [1.29, 1.82) is 0 Å². The third kappa shape index (κ3) is 4.82. The first kappa shape index (κ1) is 18.7. The minimum Gasteiger partial charge on any atom is -0.309 e. The molecule has 0 unspecified atom stereocenters. The van der Waals surface area contributed by atoms with E-state index in [1.54, 1.807) is 0 Å². The first-order valence-electron chi connectivity index (χ1n) is 27.2. The summed E-state index contributed by atoms with van der Waals surface area (Å²) in [5.41, 5.74) is 3.85. The van der Waals surface area contributed by atoms with Crippen molar-refractivity contribution < 1.29 is 36.5 Å². The third-order valence-electron chi connectivity index (χ3n) is 10.5. The highest BCUT2D eigenvalue weighted by Gasteiger charge is 2.53. The van der Waals surface area contributed by atoms with E-state index in [4.69, 9.17) is 27.4 Å². The van der Waals surface area contributed by atoms with Gasteiger partial charge in [-0.2, -0.15) is 0 Å². The number of rotatable bonds is 6. The van der Waals surface area contributed by atoms with Crippen molar-refractivity contribution in [2.24, 2.45) is 0 Å². The molecule has 0 aromatic heterocycles. The Bertz CT molecular complexity index is 3560. The summed E-state index contributed by atoms with van der Waals surface area (Å²) in [6.45, 7) is 3.67. The maximum absolute atomic E-state index is 16.9. The van der Waals surface area contributed by atoms with Crippen molar-refractivity contribution in [2.75, 3.05) is 0 Å². The fourth-order valence-corrected chi connectivity index (χ4v) is 12.5. The molecule has 0 saturated heterocycles. The van der Waals surface area contributed by atoms with Crippen LogP contribution in [0.5, 0.6) is 0 Å². The summed E-state index contributed by atoms with van der Waals surface area (Å²) in [4.78, 5) is 0. The Morgan fingerprint density at radius 1 is 0.364 bits per heavy atom. The molecule has 0 heterocycles. The van der Waals surface area contributed by atoms with Gasteiger partial charge in [0.15, 0.2) is 14.3 Å². The summed E-state index contributed by atoms with van der Waals surface area (Å²) in [5.74, 6) is 0. The van der Waals surface area contributed by atoms with E-state index in [9.17, 15) is 0 Å². The van der Waals surface area contributed by atoms with Crippen molar-refractivity contribution in [1.82, 2.24) is 0 Å². The average molecular weight is 765 g/mol. The SMILES string of the molecule is [2H]c1c([2H])c([2H])c(P(=O)(c2ccc3c(c2)C2(c4cc(C)ccc4-c4ccc(C)cc42)c2cc(P(=O)(c4c([2H])c([2H])c([2H])c([2H])c4[2H])c4c([2H])c([2H])c([2H])c([2H])c4[2H])ccc2-3)c2c([2H])c([2H])c([2H])c([2H])c2[2H])c([2H])c1[2H]. The number of hydrogen-bond acceptors (Lipinski definition) is 2. The van der Waals surface area contributed by atoms with E-state index < -0.39 is 162 Å². The molecule has 2 nitrogen and oxygen atoms in total.